The van der Waals surface area contributed by atoms with E-state index in [1.807, 2.05) is 13.0 Å². The van der Waals surface area contributed by atoms with E-state index < -0.39 is 0 Å². The highest BCUT2D eigenvalue weighted by atomic mass is 35.5. The molecule has 2 aromatic rings. The number of halogens is 1. The predicted octanol–water partition coefficient (Wildman–Crippen LogP) is 2.81. The molecule has 1 aromatic carbocycles. The van der Waals surface area contributed by atoms with Gasteiger partial charge in [-0.25, -0.2) is 0 Å². The van der Waals surface area contributed by atoms with Gasteiger partial charge in [0.1, 0.15) is 5.75 Å². The molecule has 116 valence electrons. The van der Waals surface area contributed by atoms with Crippen LogP contribution in [0.2, 0.25) is 5.02 Å². The second-order valence-electron chi connectivity index (χ2n) is 5.13. The maximum absolute atomic E-state index is 12.3. The fraction of sp³-hybridized carbons (Fsp3) is 0.400. The summed E-state index contributed by atoms with van der Waals surface area (Å²) in [5, 5.41) is 4.36. The molecule has 0 radical (unpaired) electrons. The van der Waals surface area contributed by atoms with Crippen molar-refractivity contribution in [2.75, 3.05) is 18.6 Å². The van der Waals surface area contributed by atoms with Crippen LogP contribution in [0.5, 0.6) is 5.75 Å². The molecule has 1 aromatic heterocycles. The monoisotopic (exact) mass is 321 g/mol. The lowest BCUT2D eigenvalue weighted by Gasteiger charge is -2.17. The number of carbonyl (C=O) groups is 1. The predicted molar refractivity (Wildman–Crippen MR) is 81.4 cm³/mol. The van der Waals surface area contributed by atoms with E-state index in [1.54, 1.807) is 24.1 Å². The van der Waals surface area contributed by atoms with Crippen molar-refractivity contribution < 1.29 is 14.1 Å². The Morgan fingerprint density at radius 2 is 2.32 bits per heavy atom. The van der Waals surface area contributed by atoms with Gasteiger partial charge in [0.05, 0.1) is 18.1 Å². The highest BCUT2D eigenvalue weighted by molar-refractivity contribution is 6.32. The molecule has 0 bridgehead atoms. The number of aromatic nitrogens is 2. The van der Waals surface area contributed by atoms with Crippen molar-refractivity contribution >= 4 is 23.2 Å². The standard InChI is InChI=1S/C15H16ClN3O3/c1-3-13-17-15(22-18-13)9-6-14(20)19(8-9)10-4-5-12(21-2)11(16)7-10/h4-5,7,9H,3,6,8H2,1-2H3. The summed E-state index contributed by atoms with van der Waals surface area (Å²) < 4.78 is 10.4. The first-order valence-corrected chi connectivity index (χ1v) is 7.46. The van der Waals surface area contributed by atoms with Crippen molar-refractivity contribution in [2.45, 2.75) is 25.7 Å². The van der Waals surface area contributed by atoms with E-state index in [2.05, 4.69) is 10.1 Å². The van der Waals surface area contributed by atoms with Crippen LogP contribution in [-0.4, -0.2) is 29.7 Å². The molecule has 1 amide bonds. The fourth-order valence-electron chi connectivity index (χ4n) is 2.52. The number of benzene rings is 1. The number of carbonyl (C=O) groups excluding carboxylic acids is 1. The molecular weight excluding hydrogens is 306 g/mol. The third kappa shape index (κ3) is 2.66. The maximum atomic E-state index is 12.3. The molecular formula is C15H16ClN3O3. The largest absolute Gasteiger partial charge is 0.495 e. The van der Waals surface area contributed by atoms with E-state index >= 15 is 0 Å². The molecule has 7 heteroatoms. The maximum Gasteiger partial charge on any atom is 0.232 e. The summed E-state index contributed by atoms with van der Waals surface area (Å²) in [4.78, 5) is 18.3. The molecule has 3 rings (SSSR count). The molecule has 22 heavy (non-hydrogen) atoms. The fourth-order valence-corrected chi connectivity index (χ4v) is 2.77. The smallest absolute Gasteiger partial charge is 0.232 e. The molecule has 1 saturated heterocycles. The van der Waals surface area contributed by atoms with E-state index in [9.17, 15) is 4.79 Å². The molecule has 0 spiro atoms. The lowest BCUT2D eigenvalue weighted by atomic mass is 10.1. The molecule has 1 unspecified atom stereocenters. The Hall–Kier alpha value is -2.08. The van der Waals surface area contributed by atoms with Crippen LogP contribution < -0.4 is 9.64 Å². The van der Waals surface area contributed by atoms with Crippen LogP contribution in [0.15, 0.2) is 22.7 Å². The van der Waals surface area contributed by atoms with Crippen LogP contribution in [-0.2, 0) is 11.2 Å². The zero-order valence-electron chi connectivity index (χ0n) is 12.4. The molecule has 0 N–H and O–H groups in total. The van der Waals surface area contributed by atoms with Crippen molar-refractivity contribution in [2.24, 2.45) is 0 Å². The first-order valence-electron chi connectivity index (χ1n) is 7.08. The summed E-state index contributed by atoms with van der Waals surface area (Å²) in [6.07, 6.45) is 1.07. The van der Waals surface area contributed by atoms with E-state index in [0.717, 1.165) is 5.69 Å². The SMILES string of the molecule is CCc1noc(C2CC(=O)N(c3ccc(OC)c(Cl)c3)C2)n1. The number of aryl methyl sites for hydroxylation is 1. The molecule has 1 aliphatic rings. The number of amides is 1. The number of ether oxygens (including phenoxy) is 1. The van der Waals surface area contributed by atoms with E-state index in [-0.39, 0.29) is 11.8 Å². The Bertz CT molecular complexity index is 701. The quantitative estimate of drug-likeness (QED) is 0.866. The molecule has 1 aliphatic heterocycles. The number of methoxy groups -OCH3 is 1. The molecule has 1 fully saturated rings. The Kier molecular flexibility index (Phi) is 4.02. The zero-order valence-corrected chi connectivity index (χ0v) is 13.1. The topological polar surface area (TPSA) is 68.5 Å². The summed E-state index contributed by atoms with van der Waals surface area (Å²) in [5.74, 6) is 1.70. The second kappa shape index (κ2) is 5.96. The van der Waals surface area contributed by atoms with Gasteiger partial charge in [0.2, 0.25) is 11.8 Å². The minimum Gasteiger partial charge on any atom is -0.495 e. The van der Waals surface area contributed by atoms with Crippen LogP contribution in [0.25, 0.3) is 0 Å². The van der Waals surface area contributed by atoms with Gasteiger partial charge in [0.25, 0.3) is 0 Å². The van der Waals surface area contributed by atoms with Crippen molar-refractivity contribution in [1.29, 1.82) is 0 Å². The first kappa shape index (κ1) is 14.8. The number of anilines is 1. The second-order valence-corrected chi connectivity index (χ2v) is 5.53. The minimum atomic E-state index is -0.0822. The number of hydrogen-bond acceptors (Lipinski definition) is 5. The summed E-state index contributed by atoms with van der Waals surface area (Å²) in [6, 6.07) is 5.29. The van der Waals surface area contributed by atoms with E-state index in [1.165, 1.54) is 0 Å². The zero-order chi connectivity index (χ0) is 15.7. The van der Waals surface area contributed by atoms with Crippen LogP contribution in [0.1, 0.15) is 31.0 Å². The van der Waals surface area contributed by atoms with Gasteiger partial charge in [-0.15, -0.1) is 0 Å². The van der Waals surface area contributed by atoms with Crippen LogP contribution in [0.3, 0.4) is 0 Å². The van der Waals surface area contributed by atoms with Crippen LogP contribution >= 0.6 is 11.6 Å². The van der Waals surface area contributed by atoms with Gasteiger partial charge in [-0.3, -0.25) is 4.79 Å². The Morgan fingerprint density at radius 3 is 2.95 bits per heavy atom. The molecule has 6 nitrogen and oxygen atoms in total. The highest BCUT2D eigenvalue weighted by Gasteiger charge is 2.35. The van der Waals surface area contributed by atoms with Gasteiger partial charge < -0.3 is 14.2 Å². The van der Waals surface area contributed by atoms with Crippen molar-refractivity contribution in [1.82, 2.24) is 10.1 Å². The minimum absolute atomic E-state index is 0.0162. The van der Waals surface area contributed by atoms with Gasteiger partial charge in [-0.05, 0) is 18.2 Å². The first-order chi connectivity index (χ1) is 10.6. The Labute approximate surface area is 133 Å². The molecule has 0 saturated carbocycles. The molecule has 2 heterocycles. The number of hydrogen-bond donors (Lipinski definition) is 0. The van der Waals surface area contributed by atoms with Gasteiger partial charge in [0, 0.05) is 25.1 Å². The molecule has 1 atom stereocenters. The number of rotatable bonds is 4. The Balaban J connectivity index is 1.81. The van der Waals surface area contributed by atoms with E-state index in [0.29, 0.717) is 41.9 Å². The summed E-state index contributed by atoms with van der Waals surface area (Å²) in [6.45, 7) is 2.47. The van der Waals surface area contributed by atoms with Gasteiger partial charge in [-0.2, -0.15) is 4.98 Å². The van der Waals surface area contributed by atoms with Crippen molar-refractivity contribution in [3.05, 3.63) is 34.9 Å². The summed E-state index contributed by atoms with van der Waals surface area (Å²) in [5.41, 5.74) is 0.744. The van der Waals surface area contributed by atoms with Gasteiger partial charge in [0.15, 0.2) is 5.82 Å². The van der Waals surface area contributed by atoms with Crippen LogP contribution in [0.4, 0.5) is 5.69 Å². The summed E-state index contributed by atoms with van der Waals surface area (Å²) in [7, 11) is 1.55. The van der Waals surface area contributed by atoms with Crippen LogP contribution in [0, 0.1) is 0 Å². The van der Waals surface area contributed by atoms with E-state index in [4.69, 9.17) is 20.9 Å². The highest BCUT2D eigenvalue weighted by Crippen LogP contribution is 2.34. The summed E-state index contributed by atoms with van der Waals surface area (Å²) >= 11 is 6.13. The normalized spacial score (nSPS) is 18.0. The lowest BCUT2D eigenvalue weighted by Crippen LogP contribution is -2.24. The van der Waals surface area contributed by atoms with Gasteiger partial charge >= 0.3 is 0 Å². The van der Waals surface area contributed by atoms with Crippen molar-refractivity contribution in [3.63, 3.8) is 0 Å². The van der Waals surface area contributed by atoms with Gasteiger partial charge in [-0.1, -0.05) is 23.7 Å². The number of nitrogens with zero attached hydrogens (tertiary/aromatic N) is 3. The average Bonchev–Trinajstić information content (AvgIpc) is 3.13. The molecule has 0 aliphatic carbocycles. The Morgan fingerprint density at radius 1 is 1.50 bits per heavy atom. The lowest BCUT2D eigenvalue weighted by molar-refractivity contribution is -0.117. The van der Waals surface area contributed by atoms with Crippen molar-refractivity contribution in [3.8, 4) is 5.75 Å². The third-order valence-electron chi connectivity index (χ3n) is 3.72. The third-order valence-corrected chi connectivity index (χ3v) is 4.02. The average molecular weight is 322 g/mol.